The summed E-state index contributed by atoms with van der Waals surface area (Å²) in [5.74, 6) is 2.07. The maximum atomic E-state index is 5.68. The van der Waals surface area contributed by atoms with Gasteiger partial charge >= 0.3 is 0 Å². The van der Waals surface area contributed by atoms with Crippen molar-refractivity contribution >= 4 is 0 Å². The van der Waals surface area contributed by atoms with Crippen LogP contribution in [0.2, 0.25) is 0 Å². The van der Waals surface area contributed by atoms with E-state index in [9.17, 15) is 0 Å². The molecule has 3 nitrogen and oxygen atoms in total. The second kappa shape index (κ2) is 5.33. The van der Waals surface area contributed by atoms with Gasteiger partial charge in [-0.15, -0.1) is 0 Å². The first-order valence-corrected chi connectivity index (χ1v) is 5.45. The second-order valence-corrected chi connectivity index (χ2v) is 4.57. The molecule has 1 aromatic rings. The van der Waals surface area contributed by atoms with Crippen molar-refractivity contribution in [1.82, 2.24) is 10.2 Å². The Kier molecular flexibility index (Phi) is 4.36. The molecule has 0 bridgehead atoms. The maximum absolute atomic E-state index is 5.68. The first kappa shape index (κ1) is 12.3. The lowest BCUT2D eigenvalue weighted by atomic mass is 10.2. The molecule has 86 valence electrons. The Hall–Kier alpha value is -0.800. The normalized spacial score (nSPS) is 11.7. The average Bonchev–Trinajstić information content (AvgIpc) is 2.41. The van der Waals surface area contributed by atoms with E-state index in [4.69, 9.17) is 4.42 Å². The van der Waals surface area contributed by atoms with Crippen molar-refractivity contribution in [3.05, 3.63) is 23.2 Å². The third kappa shape index (κ3) is 4.06. The van der Waals surface area contributed by atoms with Gasteiger partial charge in [0.2, 0.25) is 0 Å². The van der Waals surface area contributed by atoms with Crippen LogP contribution in [0.1, 0.15) is 30.9 Å². The van der Waals surface area contributed by atoms with Crippen LogP contribution < -0.4 is 5.32 Å². The molecule has 0 fully saturated rings. The van der Waals surface area contributed by atoms with Gasteiger partial charge < -0.3 is 14.6 Å². The molecule has 3 heteroatoms. The first-order valence-electron chi connectivity index (χ1n) is 5.45. The standard InChI is InChI=1S/C12H22N2O/c1-9(2)13-7-11-6-12(8-14(4)5)15-10(11)3/h6,9,13H,7-8H2,1-5H3. The van der Waals surface area contributed by atoms with Crippen LogP contribution in [-0.2, 0) is 13.1 Å². The number of aryl methyl sites for hydroxylation is 1. The monoisotopic (exact) mass is 210 g/mol. The fourth-order valence-electron chi connectivity index (χ4n) is 1.47. The second-order valence-electron chi connectivity index (χ2n) is 4.57. The van der Waals surface area contributed by atoms with E-state index in [1.54, 1.807) is 0 Å². The van der Waals surface area contributed by atoms with Crippen LogP contribution in [0.4, 0.5) is 0 Å². The number of rotatable bonds is 5. The molecule has 0 aliphatic rings. The van der Waals surface area contributed by atoms with Gasteiger partial charge in [-0.25, -0.2) is 0 Å². The molecule has 0 aliphatic carbocycles. The molecule has 0 aliphatic heterocycles. The number of nitrogens with zero attached hydrogens (tertiary/aromatic N) is 1. The number of hydrogen-bond acceptors (Lipinski definition) is 3. The third-order valence-electron chi connectivity index (χ3n) is 2.24. The Balaban J connectivity index is 2.60. The van der Waals surface area contributed by atoms with Crippen LogP contribution in [0.15, 0.2) is 10.5 Å². The van der Waals surface area contributed by atoms with E-state index in [0.717, 1.165) is 24.6 Å². The van der Waals surface area contributed by atoms with E-state index >= 15 is 0 Å². The average molecular weight is 210 g/mol. The summed E-state index contributed by atoms with van der Waals surface area (Å²) in [5, 5.41) is 3.40. The molecule has 0 saturated heterocycles. The fourth-order valence-corrected chi connectivity index (χ4v) is 1.47. The highest BCUT2D eigenvalue weighted by atomic mass is 16.3. The minimum Gasteiger partial charge on any atom is -0.465 e. The van der Waals surface area contributed by atoms with Crippen LogP contribution in [0.3, 0.4) is 0 Å². The zero-order valence-electron chi connectivity index (χ0n) is 10.4. The van der Waals surface area contributed by atoms with Crippen molar-refractivity contribution in [3.8, 4) is 0 Å². The van der Waals surface area contributed by atoms with Crippen molar-refractivity contribution in [1.29, 1.82) is 0 Å². The van der Waals surface area contributed by atoms with Crippen molar-refractivity contribution in [2.75, 3.05) is 14.1 Å². The van der Waals surface area contributed by atoms with Gasteiger partial charge in [-0.1, -0.05) is 13.8 Å². The van der Waals surface area contributed by atoms with Gasteiger partial charge in [0.1, 0.15) is 11.5 Å². The molecule has 1 heterocycles. The van der Waals surface area contributed by atoms with Gasteiger partial charge in [-0.05, 0) is 27.1 Å². The van der Waals surface area contributed by atoms with E-state index < -0.39 is 0 Å². The minimum atomic E-state index is 0.511. The summed E-state index contributed by atoms with van der Waals surface area (Å²) < 4.78 is 5.68. The Morgan fingerprint density at radius 1 is 1.40 bits per heavy atom. The Morgan fingerprint density at radius 2 is 2.07 bits per heavy atom. The van der Waals surface area contributed by atoms with Gasteiger partial charge in [0.05, 0.1) is 6.54 Å². The minimum absolute atomic E-state index is 0.511. The molecule has 15 heavy (non-hydrogen) atoms. The highest BCUT2D eigenvalue weighted by molar-refractivity contribution is 5.20. The van der Waals surface area contributed by atoms with Crippen LogP contribution >= 0.6 is 0 Å². The number of nitrogens with one attached hydrogen (secondary N) is 1. The predicted octanol–water partition coefficient (Wildman–Crippen LogP) is 2.15. The van der Waals surface area contributed by atoms with E-state index in [2.05, 4.69) is 30.1 Å². The van der Waals surface area contributed by atoms with E-state index in [0.29, 0.717) is 6.04 Å². The highest BCUT2D eigenvalue weighted by Crippen LogP contribution is 2.15. The molecule has 0 aromatic carbocycles. The molecular formula is C12H22N2O. The van der Waals surface area contributed by atoms with Crippen molar-refractivity contribution < 1.29 is 4.42 Å². The Morgan fingerprint density at radius 3 is 2.60 bits per heavy atom. The largest absolute Gasteiger partial charge is 0.465 e. The zero-order valence-corrected chi connectivity index (χ0v) is 10.4. The SMILES string of the molecule is Cc1oc(CN(C)C)cc1CNC(C)C. The van der Waals surface area contributed by atoms with E-state index in [-0.39, 0.29) is 0 Å². The molecule has 1 rings (SSSR count). The maximum Gasteiger partial charge on any atom is 0.118 e. The van der Waals surface area contributed by atoms with Crippen LogP contribution in [0.25, 0.3) is 0 Å². The lowest BCUT2D eigenvalue weighted by molar-refractivity contribution is 0.345. The summed E-state index contributed by atoms with van der Waals surface area (Å²) in [6.07, 6.45) is 0. The molecule has 1 aromatic heterocycles. The van der Waals surface area contributed by atoms with Crippen LogP contribution in [0, 0.1) is 6.92 Å². The van der Waals surface area contributed by atoms with Crippen LogP contribution in [0.5, 0.6) is 0 Å². The molecule has 1 N–H and O–H groups in total. The van der Waals surface area contributed by atoms with Crippen molar-refractivity contribution in [3.63, 3.8) is 0 Å². The molecule has 0 amide bonds. The highest BCUT2D eigenvalue weighted by Gasteiger charge is 2.08. The summed E-state index contributed by atoms with van der Waals surface area (Å²) in [7, 11) is 4.09. The third-order valence-corrected chi connectivity index (χ3v) is 2.24. The molecule has 0 saturated carbocycles. The molecule has 0 unspecified atom stereocenters. The lowest BCUT2D eigenvalue weighted by Crippen LogP contribution is -2.21. The van der Waals surface area contributed by atoms with Gasteiger partial charge in [0.15, 0.2) is 0 Å². The summed E-state index contributed by atoms with van der Waals surface area (Å²) >= 11 is 0. The molecule has 0 spiro atoms. The molecule has 0 atom stereocenters. The molecular weight excluding hydrogens is 188 g/mol. The number of furan rings is 1. The van der Waals surface area contributed by atoms with Gasteiger partial charge in [-0.2, -0.15) is 0 Å². The van der Waals surface area contributed by atoms with Gasteiger partial charge in [-0.3, -0.25) is 0 Å². The summed E-state index contributed by atoms with van der Waals surface area (Å²) in [6.45, 7) is 8.08. The summed E-state index contributed by atoms with van der Waals surface area (Å²) in [6, 6.07) is 2.65. The first-order chi connectivity index (χ1) is 6.99. The van der Waals surface area contributed by atoms with E-state index in [1.807, 2.05) is 21.0 Å². The summed E-state index contributed by atoms with van der Waals surface area (Å²) in [5.41, 5.74) is 1.26. The van der Waals surface area contributed by atoms with Crippen molar-refractivity contribution in [2.24, 2.45) is 0 Å². The van der Waals surface area contributed by atoms with Gasteiger partial charge in [0, 0.05) is 18.2 Å². The number of hydrogen-bond donors (Lipinski definition) is 1. The lowest BCUT2D eigenvalue weighted by Gasteiger charge is -2.06. The molecule has 0 radical (unpaired) electrons. The predicted molar refractivity (Wildman–Crippen MR) is 62.8 cm³/mol. The van der Waals surface area contributed by atoms with Crippen molar-refractivity contribution in [2.45, 2.75) is 39.9 Å². The fraction of sp³-hybridized carbons (Fsp3) is 0.667. The Bertz CT molecular complexity index is 303. The van der Waals surface area contributed by atoms with Crippen LogP contribution in [-0.4, -0.2) is 25.0 Å². The van der Waals surface area contributed by atoms with Gasteiger partial charge in [0.25, 0.3) is 0 Å². The quantitative estimate of drug-likeness (QED) is 0.807. The zero-order chi connectivity index (χ0) is 11.4. The smallest absolute Gasteiger partial charge is 0.118 e. The Labute approximate surface area is 92.5 Å². The summed E-state index contributed by atoms with van der Waals surface area (Å²) in [4.78, 5) is 2.11. The topological polar surface area (TPSA) is 28.4 Å². The van der Waals surface area contributed by atoms with E-state index in [1.165, 1.54) is 5.56 Å².